The molecule has 0 bridgehead atoms. The maximum Gasteiger partial charge on any atom is 0.157 e. The Balaban J connectivity index is 0.000000847. The van der Waals surface area contributed by atoms with Crippen molar-refractivity contribution < 1.29 is 0 Å². The van der Waals surface area contributed by atoms with E-state index in [4.69, 9.17) is 11.6 Å². The maximum absolute atomic E-state index is 6.16. The molecule has 116 valence electrons. The molecule has 0 radical (unpaired) electrons. The summed E-state index contributed by atoms with van der Waals surface area (Å²) in [6, 6.07) is 7.79. The molecule has 6 heteroatoms. The molecule has 0 atom stereocenters. The lowest BCUT2D eigenvalue weighted by Gasteiger charge is -2.18. The largest absolute Gasteiger partial charge is 0.286 e. The number of anilines is 1. The predicted molar refractivity (Wildman–Crippen MR) is 91.8 cm³/mol. The van der Waals surface area contributed by atoms with Crippen molar-refractivity contribution in [1.29, 1.82) is 0 Å². The first kappa shape index (κ1) is 16.2. The molecule has 3 rings (SSSR count). The summed E-state index contributed by atoms with van der Waals surface area (Å²) in [7, 11) is 0. The van der Waals surface area contributed by atoms with Crippen molar-refractivity contribution in [3.63, 3.8) is 0 Å². The molecule has 22 heavy (non-hydrogen) atoms. The maximum atomic E-state index is 6.16. The Morgan fingerprint density at radius 1 is 1.27 bits per heavy atom. The fourth-order valence-corrected chi connectivity index (χ4v) is 2.17. The fourth-order valence-electron chi connectivity index (χ4n) is 2.00. The van der Waals surface area contributed by atoms with E-state index < -0.39 is 0 Å². The van der Waals surface area contributed by atoms with Crippen LogP contribution in [0, 0.1) is 6.92 Å². The smallest absolute Gasteiger partial charge is 0.157 e. The highest BCUT2D eigenvalue weighted by atomic mass is 35.5. The highest BCUT2D eigenvalue weighted by Crippen LogP contribution is 2.24. The van der Waals surface area contributed by atoms with Crippen molar-refractivity contribution in [3.05, 3.63) is 47.4 Å². The van der Waals surface area contributed by atoms with Crippen LogP contribution < -0.4 is 10.4 Å². The van der Waals surface area contributed by atoms with Crippen molar-refractivity contribution in [2.75, 3.05) is 11.6 Å². The second-order valence-electron chi connectivity index (χ2n) is 4.57. The van der Waals surface area contributed by atoms with Gasteiger partial charge < -0.3 is 0 Å². The van der Waals surface area contributed by atoms with Gasteiger partial charge in [-0.1, -0.05) is 31.5 Å². The monoisotopic (exact) mass is 317 g/mol. The van der Waals surface area contributed by atoms with Crippen LogP contribution in [-0.4, -0.2) is 22.3 Å². The lowest BCUT2D eigenvalue weighted by Crippen LogP contribution is -2.33. The molecule has 0 aliphatic carbocycles. The molecule has 1 aliphatic rings. The van der Waals surface area contributed by atoms with Gasteiger partial charge in [0.2, 0.25) is 0 Å². The minimum Gasteiger partial charge on any atom is -0.286 e. The van der Waals surface area contributed by atoms with Crippen molar-refractivity contribution in [1.82, 2.24) is 15.4 Å². The number of rotatable bonds is 2. The topological polar surface area (TPSA) is 53.4 Å². The van der Waals surface area contributed by atoms with Gasteiger partial charge in [0.15, 0.2) is 5.82 Å². The van der Waals surface area contributed by atoms with E-state index in [1.807, 2.05) is 44.0 Å². The van der Waals surface area contributed by atoms with E-state index in [0.29, 0.717) is 5.82 Å². The van der Waals surface area contributed by atoms with E-state index >= 15 is 0 Å². The summed E-state index contributed by atoms with van der Waals surface area (Å²) in [5.74, 6) is 1.55. The Morgan fingerprint density at radius 2 is 2.09 bits per heavy atom. The minimum absolute atomic E-state index is 0.659. The number of nitrogens with one attached hydrogen (secondary N) is 1. The molecule has 1 fully saturated rings. The number of hydrogen-bond acceptors (Lipinski definition) is 4. The molecule has 1 saturated heterocycles. The summed E-state index contributed by atoms with van der Waals surface area (Å²) in [4.78, 5) is 12.4. The van der Waals surface area contributed by atoms with Crippen molar-refractivity contribution >= 4 is 28.9 Å². The molecule has 2 heterocycles. The molecule has 0 amide bonds. The highest BCUT2D eigenvalue weighted by Gasteiger charge is 2.18. The molecule has 5 nitrogen and oxygen atoms in total. The van der Waals surface area contributed by atoms with E-state index in [2.05, 4.69) is 20.4 Å². The van der Waals surface area contributed by atoms with Crippen LogP contribution in [0.15, 0.2) is 41.8 Å². The summed E-state index contributed by atoms with van der Waals surface area (Å²) in [5, 5.41) is 2.80. The second kappa shape index (κ2) is 7.75. The van der Waals surface area contributed by atoms with Crippen LogP contribution in [0.1, 0.15) is 25.8 Å². The number of aliphatic imine (C=N–C) groups is 1. The third kappa shape index (κ3) is 3.95. The Hall–Kier alpha value is -2.14. The summed E-state index contributed by atoms with van der Waals surface area (Å²) >= 11 is 6.16. The number of aryl methyl sites for hydroxylation is 1. The van der Waals surface area contributed by atoms with Crippen LogP contribution in [0.4, 0.5) is 11.5 Å². The van der Waals surface area contributed by atoms with Gasteiger partial charge in [-0.05, 0) is 24.6 Å². The lowest BCUT2D eigenvalue weighted by atomic mass is 10.2. The van der Waals surface area contributed by atoms with Crippen molar-refractivity contribution in [3.8, 4) is 0 Å². The third-order valence-electron chi connectivity index (χ3n) is 3.12. The molecule has 1 aromatic carbocycles. The first-order chi connectivity index (χ1) is 10.7. The molecule has 1 aromatic heterocycles. The number of nitrogens with zero attached hydrogens (tertiary/aromatic N) is 4. The molecule has 1 N–H and O–H groups in total. The zero-order chi connectivity index (χ0) is 15.9. The van der Waals surface area contributed by atoms with Crippen LogP contribution in [-0.2, 0) is 0 Å². The molecule has 1 aliphatic heterocycles. The lowest BCUT2D eigenvalue weighted by molar-refractivity contribution is 0.857. The van der Waals surface area contributed by atoms with E-state index in [1.165, 1.54) is 6.33 Å². The van der Waals surface area contributed by atoms with Gasteiger partial charge in [-0.15, -0.1) is 0 Å². The summed E-state index contributed by atoms with van der Waals surface area (Å²) in [6.07, 6.45) is 4.01. The number of hydrazine groups is 1. The van der Waals surface area contributed by atoms with Gasteiger partial charge >= 0.3 is 0 Å². The molecular weight excluding hydrogens is 298 g/mol. The van der Waals surface area contributed by atoms with Gasteiger partial charge in [0, 0.05) is 30.3 Å². The van der Waals surface area contributed by atoms with Crippen molar-refractivity contribution in [2.45, 2.75) is 27.2 Å². The average Bonchev–Trinajstić information content (AvgIpc) is 3.01. The van der Waals surface area contributed by atoms with Gasteiger partial charge in [0.1, 0.15) is 12.2 Å². The van der Waals surface area contributed by atoms with Gasteiger partial charge in [-0.3, -0.25) is 10.4 Å². The van der Waals surface area contributed by atoms with Gasteiger partial charge in [0.05, 0.1) is 5.69 Å². The van der Waals surface area contributed by atoms with Crippen molar-refractivity contribution in [2.24, 2.45) is 4.99 Å². The Bertz CT molecular complexity index is 642. The first-order valence-corrected chi connectivity index (χ1v) is 7.74. The molecule has 0 spiro atoms. The van der Waals surface area contributed by atoms with Crippen LogP contribution in [0.3, 0.4) is 0 Å². The summed E-state index contributed by atoms with van der Waals surface area (Å²) in [5.41, 5.74) is 5.38. The molecule has 0 saturated carbocycles. The average molecular weight is 318 g/mol. The van der Waals surface area contributed by atoms with Gasteiger partial charge in [-0.2, -0.15) is 0 Å². The number of benzene rings is 1. The quantitative estimate of drug-likeness (QED) is 0.912. The number of halogens is 1. The third-order valence-corrected chi connectivity index (χ3v) is 3.53. The highest BCUT2D eigenvalue weighted by molar-refractivity contribution is 6.31. The predicted octanol–water partition coefficient (Wildman–Crippen LogP) is 3.91. The Labute approximate surface area is 136 Å². The number of aromatic nitrogens is 2. The zero-order valence-electron chi connectivity index (χ0n) is 13.0. The zero-order valence-corrected chi connectivity index (χ0v) is 13.8. The van der Waals surface area contributed by atoms with Crippen LogP contribution in [0.2, 0.25) is 5.02 Å². The number of amidine groups is 1. The fraction of sp³-hybridized carbons (Fsp3) is 0.312. The molecule has 0 unspecified atom stereocenters. The molecule has 2 aromatic rings. The van der Waals surface area contributed by atoms with Crippen LogP contribution >= 0.6 is 11.6 Å². The Morgan fingerprint density at radius 3 is 2.77 bits per heavy atom. The second-order valence-corrected chi connectivity index (χ2v) is 4.98. The van der Waals surface area contributed by atoms with Crippen LogP contribution in [0.25, 0.3) is 0 Å². The van der Waals surface area contributed by atoms with E-state index in [9.17, 15) is 0 Å². The summed E-state index contributed by atoms with van der Waals surface area (Å²) in [6.45, 7) is 6.84. The first-order valence-electron chi connectivity index (χ1n) is 7.36. The standard InChI is InChI=1S/C14H14ClN5.C2H6/c1-10-2-3-11(8-12(10)15)20-7-5-14(19-20)18-13-4-6-16-9-17-13;1-2/h2-4,6,8-9H,5,7H2,1H3,(H,16,17,18,19);1-2H3. The number of hydrogen-bond donors (Lipinski definition) is 1. The molecular formula is C16H20ClN5. The normalized spacial score (nSPS) is 15.3. The summed E-state index contributed by atoms with van der Waals surface area (Å²) < 4.78 is 0. The van der Waals surface area contributed by atoms with E-state index in [0.717, 1.165) is 35.1 Å². The van der Waals surface area contributed by atoms with Crippen LogP contribution in [0.5, 0.6) is 0 Å². The van der Waals surface area contributed by atoms with Gasteiger partial charge in [0.25, 0.3) is 0 Å². The van der Waals surface area contributed by atoms with Gasteiger partial charge in [-0.25, -0.2) is 15.0 Å². The van der Waals surface area contributed by atoms with E-state index in [-0.39, 0.29) is 0 Å². The van der Waals surface area contributed by atoms with E-state index in [1.54, 1.807) is 12.3 Å². The SMILES string of the molecule is CC.Cc1ccc(N2CCC(=Nc3ccncn3)N2)cc1Cl. The Kier molecular flexibility index (Phi) is 5.72. The minimum atomic E-state index is 0.659.